The maximum absolute atomic E-state index is 12.1. The van der Waals surface area contributed by atoms with Crippen molar-refractivity contribution in [1.29, 1.82) is 0 Å². The highest BCUT2D eigenvalue weighted by Gasteiger charge is 2.15. The summed E-state index contributed by atoms with van der Waals surface area (Å²) >= 11 is 14.6. The van der Waals surface area contributed by atoms with Gasteiger partial charge in [0, 0.05) is 17.4 Å². The van der Waals surface area contributed by atoms with Crippen molar-refractivity contribution in [3.63, 3.8) is 0 Å². The van der Waals surface area contributed by atoms with Crippen molar-refractivity contribution in [3.05, 3.63) is 22.2 Å². The van der Waals surface area contributed by atoms with Gasteiger partial charge >= 0.3 is 6.61 Å². The first-order valence-electron chi connectivity index (χ1n) is 4.73. The summed E-state index contributed by atoms with van der Waals surface area (Å²) in [6.07, 6.45) is 0.268. The van der Waals surface area contributed by atoms with E-state index in [9.17, 15) is 13.6 Å². The average Bonchev–Trinajstić information content (AvgIpc) is 2.23. The minimum atomic E-state index is -3.02. The summed E-state index contributed by atoms with van der Waals surface area (Å²) in [5.41, 5.74) is 0.317. The highest BCUT2D eigenvalue weighted by atomic mass is 79.9. The predicted molar refractivity (Wildman–Crippen MR) is 70.1 cm³/mol. The van der Waals surface area contributed by atoms with Gasteiger partial charge in [-0.25, -0.2) is 0 Å². The third-order valence-corrected chi connectivity index (χ3v) is 2.77. The number of ether oxygens (including phenoxy) is 1. The number of carbonyl (C=O) groups excluding carboxylic acids is 1. The fraction of sp³-hybridized carbons (Fsp3) is 0.300. The first-order valence-corrected chi connectivity index (χ1v) is 6.61. The van der Waals surface area contributed by atoms with Crippen LogP contribution >= 0.6 is 39.1 Å². The van der Waals surface area contributed by atoms with Gasteiger partial charge in [-0.1, -0.05) is 39.1 Å². The summed E-state index contributed by atoms with van der Waals surface area (Å²) in [7, 11) is 0. The van der Waals surface area contributed by atoms with E-state index < -0.39 is 6.61 Å². The first kappa shape index (κ1) is 15.5. The molecule has 18 heavy (non-hydrogen) atoms. The van der Waals surface area contributed by atoms with E-state index in [4.69, 9.17) is 23.2 Å². The highest BCUT2D eigenvalue weighted by Crippen LogP contribution is 2.36. The number of anilines is 1. The third kappa shape index (κ3) is 4.59. The zero-order valence-corrected chi connectivity index (χ0v) is 12.0. The van der Waals surface area contributed by atoms with E-state index >= 15 is 0 Å². The Morgan fingerprint density at radius 3 is 2.39 bits per heavy atom. The van der Waals surface area contributed by atoms with E-state index in [1.165, 1.54) is 12.1 Å². The molecule has 100 valence electrons. The second-order valence-electron chi connectivity index (χ2n) is 3.13. The van der Waals surface area contributed by atoms with E-state index in [1.807, 2.05) is 0 Å². The summed E-state index contributed by atoms with van der Waals surface area (Å²) in [6, 6.07) is 2.58. The zero-order chi connectivity index (χ0) is 13.7. The van der Waals surface area contributed by atoms with Gasteiger partial charge in [0.2, 0.25) is 5.91 Å². The molecule has 1 aromatic carbocycles. The molecule has 0 saturated heterocycles. The van der Waals surface area contributed by atoms with E-state index in [0.29, 0.717) is 11.0 Å². The van der Waals surface area contributed by atoms with Crippen LogP contribution in [0.5, 0.6) is 5.75 Å². The molecule has 0 aliphatic carbocycles. The van der Waals surface area contributed by atoms with Crippen molar-refractivity contribution in [2.45, 2.75) is 13.0 Å². The Bertz CT molecular complexity index is 423. The van der Waals surface area contributed by atoms with Crippen molar-refractivity contribution < 1.29 is 18.3 Å². The topological polar surface area (TPSA) is 38.3 Å². The second-order valence-corrected chi connectivity index (χ2v) is 4.74. The monoisotopic (exact) mass is 361 g/mol. The van der Waals surface area contributed by atoms with Gasteiger partial charge in [0.15, 0.2) is 5.75 Å². The number of amides is 1. The standard InChI is InChI=1S/C10H8BrCl2F2NO2/c11-2-1-8(17)16-5-3-6(12)9(7(13)4-5)18-10(14)15/h3-4,10H,1-2H2,(H,16,17). The lowest BCUT2D eigenvalue weighted by Crippen LogP contribution is -2.12. The summed E-state index contributed by atoms with van der Waals surface area (Å²) in [5.74, 6) is -0.562. The van der Waals surface area contributed by atoms with Crippen molar-refractivity contribution in [1.82, 2.24) is 0 Å². The normalized spacial score (nSPS) is 10.6. The summed E-state index contributed by atoms with van der Waals surface area (Å²) < 4.78 is 28.3. The number of alkyl halides is 3. The number of nitrogens with one attached hydrogen (secondary N) is 1. The molecule has 3 nitrogen and oxygen atoms in total. The lowest BCUT2D eigenvalue weighted by atomic mass is 10.3. The SMILES string of the molecule is O=C(CCBr)Nc1cc(Cl)c(OC(F)F)c(Cl)c1. The van der Waals surface area contributed by atoms with Crippen LogP contribution in [0.25, 0.3) is 0 Å². The van der Waals surface area contributed by atoms with Crippen LogP contribution in [0, 0.1) is 0 Å². The largest absolute Gasteiger partial charge is 0.432 e. The number of rotatable bonds is 5. The number of carbonyl (C=O) groups is 1. The molecule has 0 aliphatic heterocycles. The quantitative estimate of drug-likeness (QED) is 0.792. The molecule has 1 amide bonds. The maximum Gasteiger partial charge on any atom is 0.387 e. The van der Waals surface area contributed by atoms with E-state index in [-0.39, 0.29) is 28.1 Å². The van der Waals surface area contributed by atoms with Crippen LogP contribution < -0.4 is 10.1 Å². The Balaban J connectivity index is 2.89. The molecular weight excluding hydrogens is 355 g/mol. The van der Waals surface area contributed by atoms with Crippen molar-refractivity contribution in [3.8, 4) is 5.75 Å². The fourth-order valence-electron chi connectivity index (χ4n) is 1.14. The van der Waals surface area contributed by atoms with Gasteiger partial charge in [-0.15, -0.1) is 0 Å². The van der Waals surface area contributed by atoms with E-state index in [1.54, 1.807) is 0 Å². The van der Waals surface area contributed by atoms with Gasteiger partial charge in [0.25, 0.3) is 0 Å². The molecule has 0 spiro atoms. The molecule has 0 atom stereocenters. The van der Waals surface area contributed by atoms with Gasteiger partial charge in [-0.05, 0) is 12.1 Å². The van der Waals surface area contributed by atoms with Gasteiger partial charge in [0.1, 0.15) is 0 Å². The molecule has 0 radical (unpaired) electrons. The summed E-state index contributed by atoms with van der Waals surface area (Å²) in [4.78, 5) is 11.3. The van der Waals surface area contributed by atoms with Crippen LogP contribution in [0.2, 0.25) is 10.0 Å². The Morgan fingerprint density at radius 2 is 1.94 bits per heavy atom. The van der Waals surface area contributed by atoms with E-state index in [2.05, 4.69) is 26.0 Å². The minimum Gasteiger partial charge on any atom is -0.432 e. The molecule has 8 heteroatoms. The van der Waals surface area contributed by atoms with Crippen LogP contribution in [0.1, 0.15) is 6.42 Å². The molecule has 1 aromatic rings. The highest BCUT2D eigenvalue weighted by molar-refractivity contribution is 9.09. The summed E-state index contributed by atoms with van der Waals surface area (Å²) in [6.45, 7) is -3.02. The Kier molecular flexibility index (Phi) is 6.11. The molecule has 0 fully saturated rings. The molecule has 0 bridgehead atoms. The molecule has 1 rings (SSSR count). The lowest BCUT2D eigenvalue weighted by Gasteiger charge is -2.11. The Morgan fingerprint density at radius 1 is 1.39 bits per heavy atom. The maximum atomic E-state index is 12.1. The smallest absolute Gasteiger partial charge is 0.387 e. The predicted octanol–water partition coefficient (Wildman–Crippen LogP) is 4.32. The van der Waals surface area contributed by atoms with Crippen LogP contribution in [0.4, 0.5) is 14.5 Å². The average molecular weight is 363 g/mol. The number of hydrogen-bond acceptors (Lipinski definition) is 2. The molecule has 0 unspecified atom stereocenters. The molecule has 1 N–H and O–H groups in total. The van der Waals surface area contributed by atoms with Crippen LogP contribution in [-0.2, 0) is 4.79 Å². The molecule has 0 aromatic heterocycles. The third-order valence-electron chi connectivity index (χ3n) is 1.81. The van der Waals surface area contributed by atoms with Crippen LogP contribution in [0.3, 0.4) is 0 Å². The second kappa shape index (κ2) is 7.11. The number of benzene rings is 1. The summed E-state index contributed by atoms with van der Waals surface area (Å²) in [5, 5.41) is 2.83. The number of halogens is 5. The molecule has 0 aliphatic rings. The van der Waals surface area contributed by atoms with Gasteiger partial charge in [-0.3, -0.25) is 4.79 Å². The Labute approximate surface area is 121 Å². The van der Waals surface area contributed by atoms with Crippen molar-refractivity contribution >= 4 is 50.7 Å². The van der Waals surface area contributed by atoms with E-state index in [0.717, 1.165) is 0 Å². The molecular formula is C10H8BrCl2F2NO2. The Hall–Kier alpha value is -0.590. The molecule has 0 saturated carbocycles. The van der Waals surface area contributed by atoms with Crippen molar-refractivity contribution in [2.24, 2.45) is 0 Å². The lowest BCUT2D eigenvalue weighted by molar-refractivity contribution is -0.115. The zero-order valence-electron chi connectivity index (χ0n) is 8.85. The van der Waals surface area contributed by atoms with Gasteiger partial charge < -0.3 is 10.1 Å². The fourth-order valence-corrected chi connectivity index (χ4v) is 2.08. The van der Waals surface area contributed by atoms with Crippen LogP contribution in [-0.4, -0.2) is 17.8 Å². The van der Waals surface area contributed by atoms with Crippen molar-refractivity contribution in [2.75, 3.05) is 10.6 Å². The first-order chi connectivity index (χ1) is 8.43. The number of hydrogen-bond donors (Lipinski definition) is 1. The van der Waals surface area contributed by atoms with Crippen LogP contribution in [0.15, 0.2) is 12.1 Å². The minimum absolute atomic E-state index is 0.100. The van der Waals surface area contributed by atoms with Gasteiger partial charge in [-0.2, -0.15) is 8.78 Å². The van der Waals surface area contributed by atoms with Gasteiger partial charge in [0.05, 0.1) is 10.0 Å². The molecule has 0 heterocycles.